The van der Waals surface area contributed by atoms with Crippen molar-refractivity contribution in [1.29, 1.82) is 0 Å². The molecule has 0 radical (unpaired) electrons. The lowest BCUT2D eigenvalue weighted by atomic mass is 9.99. The number of H-pyrrole nitrogens is 1. The first-order valence-corrected chi connectivity index (χ1v) is 9.43. The Morgan fingerprint density at radius 1 is 1.21 bits per heavy atom. The average molecular weight is 391 g/mol. The highest BCUT2D eigenvalue weighted by molar-refractivity contribution is 5.94. The van der Waals surface area contributed by atoms with Gasteiger partial charge in [-0.25, -0.2) is 0 Å². The van der Waals surface area contributed by atoms with Crippen LogP contribution in [0.1, 0.15) is 18.1 Å². The summed E-state index contributed by atoms with van der Waals surface area (Å²) in [4.78, 5) is 25.4. The molecule has 0 saturated carbocycles. The van der Waals surface area contributed by atoms with Crippen LogP contribution >= 0.6 is 0 Å². The quantitative estimate of drug-likeness (QED) is 0.513. The molecule has 1 aliphatic rings. The molecule has 2 N–H and O–H groups in total. The molecule has 0 spiro atoms. The average Bonchev–Trinajstić information content (AvgIpc) is 3.21. The minimum atomic E-state index is -0.443. The first-order chi connectivity index (χ1) is 14.0. The molecule has 1 unspecified atom stereocenters. The van der Waals surface area contributed by atoms with Crippen molar-refractivity contribution < 1.29 is 9.72 Å². The number of benzene rings is 2. The maximum absolute atomic E-state index is 12.7. The first kappa shape index (κ1) is 18.8. The minimum Gasteiger partial charge on any atom is -0.308 e. The second-order valence-corrected chi connectivity index (χ2v) is 7.13. The van der Waals surface area contributed by atoms with Gasteiger partial charge in [0.15, 0.2) is 5.82 Å². The Labute approximate surface area is 167 Å². The van der Waals surface area contributed by atoms with E-state index in [1.165, 1.54) is 23.3 Å². The van der Waals surface area contributed by atoms with Crippen LogP contribution in [0.25, 0.3) is 11.3 Å². The van der Waals surface area contributed by atoms with Gasteiger partial charge in [0.2, 0.25) is 5.91 Å². The first-order valence-electron chi connectivity index (χ1n) is 9.43. The van der Waals surface area contributed by atoms with Gasteiger partial charge in [-0.2, -0.15) is 5.10 Å². The van der Waals surface area contributed by atoms with Gasteiger partial charge in [0.25, 0.3) is 5.69 Å². The third-order valence-corrected chi connectivity index (χ3v) is 5.28. The van der Waals surface area contributed by atoms with Crippen LogP contribution in [-0.4, -0.2) is 38.5 Å². The van der Waals surface area contributed by atoms with Crippen LogP contribution in [0.4, 0.5) is 11.5 Å². The van der Waals surface area contributed by atoms with E-state index in [-0.39, 0.29) is 17.6 Å². The molecule has 8 heteroatoms. The van der Waals surface area contributed by atoms with Gasteiger partial charge in [-0.1, -0.05) is 36.4 Å². The lowest BCUT2D eigenvalue weighted by Gasteiger charge is -2.32. The van der Waals surface area contributed by atoms with Gasteiger partial charge in [-0.15, -0.1) is 0 Å². The van der Waals surface area contributed by atoms with Crippen molar-refractivity contribution in [2.75, 3.05) is 11.9 Å². The van der Waals surface area contributed by atoms with Crippen molar-refractivity contribution in [3.05, 3.63) is 75.8 Å². The number of hydrogen-bond acceptors (Lipinski definition) is 5. The van der Waals surface area contributed by atoms with Crippen LogP contribution in [0, 0.1) is 10.1 Å². The number of fused-ring (bicyclic) bond motifs is 1. The summed E-state index contributed by atoms with van der Waals surface area (Å²) in [6, 6.07) is 15.9. The Bertz CT molecular complexity index is 1060. The summed E-state index contributed by atoms with van der Waals surface area (Å²) in [7, 11) is 0. The summed E-state index contributed by atoms with van der Waals surface area (Å²) in [6.45, 7) is 3.45. The number of anilines is 1. The van der Waals surface area contributed by atoms with Gasteiger partial charge >= 0.3 is 0 Å². The predicted molar refractivity (Wildman–Crippen MR) is 109 cm³/mol. The molecular formula is C21H21N5O3. The zero-order chi connectivity index (χ0) is 20.4. The number of nitrogens with one attached hydrogen (secondary N) is 2. The molecule has 2 aromatic carbocycles. The highest BCUT2D eigenvalue weighted by Gasteiger charge is 2.25. The van der Waals surface area contributed by atoms with E-state index >= 15 is 0 Å². The summed E-state index contributed by atoms with van der Waals surface area (Å²) in [5, 5.41) is 20.7. The van der Waals surface area contributed by atoms with E-state index in [1.807, 2.05) is 19.1 Å². The van der Waals surface area contributed by atoms with Crippen LogP contribution in [-0.2, 0) is 17.8 Å². The fourth-order valence-electron chi connectivity index (χ4n) is 3.57. The summed E-state index contributed by atoms with van der Waals surface area (Å²) in [5.41, 5.74) is 3.83. The third-order valence-electron chi connectivity index (χ3n) is 5.28. The number of aromatic nitrogens is 2. The van der Waals surface area contributed by atoms with E-state index in [9.17, 15) is 14.9 Å². The Kier molecular flexibility index (Phi) is 5.09. The fraction of sp³-hybridized carbons (Fsp3) is 0.238. The number of non-ortho nitro benzene ring substituents is 1. The Morgan fingerprint density at radius 3 is 2.79 bits per heavy atom. The monoisotopic (exact) mass is 391 g/mol. The van der Waals surface area contributed by atoms with E-state index in [4.69, 9.17) is 0 Å². The summed E-state index contributed by atoms with van der Waals surface area (Å²) in [6.07, 6.45) is 0.924. The topological polar surface area (TPSA) is 104 Å². The Hall–Kier alpha value is -3.52. The standard InChI is InChI=1S/C21H21N5O3/c1-14(25-10-9-15-5-2-3-6-17(15)13-25)21(27)22-20-12-19(23-24-20)16-7-4-8-18(11-16)26(28)29/h2-8,11-12,14H,9-10,13H2,1H3,(H2,22,23,24,27). The largest absolute Gasteiger partial charge is 0.308 e. The molecule has 0 bridgehead atoms. The van der Waals surface area contributed by atoms with E-state index in [0.29, 0.717) is 17.1 Å². The highest BCUT2D eigenvalue weighted by atomic mass is 16.6. The van der Waals surface area contributed by atoms with Crippen molar-refractivity contribution in [1.82, 2.24) is 15.1 Å². The van der Waals surface area contributed by atoms with Gasteiger partial charge in [-0.3, -0.25) is 24.9 Å². The number of carbonyl (C=O) groups is 1. The molecule has 29 heavy (non-hydrogen) atoms. The van der Waals surface area contributed by atoms with Gasteiger partial charge < -0.3 is 5.32 Å². The molecule has 2 heterocycles. The van der Waals surface area contributed by atoms with Crippen molar-refractivity contribution in [2.24, 2.45) is 0 Å². The zero-order valence-electron chi connectivity index (χ0n) is 16.0. The van der Waals surface area contributed by atoms with E-state index in [0.717, 1.165) is 19.5 Å². The lowest BCUT2D eigenvalue weighted by Crippen LogP contribution is -2.44. The van der Waals surface area contributed by atoms with E-state index in [1.54, 1.807) is 18.2 Å². The van der Waals surface area contributed by atoms with Crippen LogP contribution in [0.15, 0.2) is 54.6 Å². The maximum atomic E-state index is 12.7. The molecule has 1 aliphatic heterocycles. The van der Waals surface area contributed by atoms with Crippen LogP contribution < -0.4 is 5.32 Å². The smallest absolute Gasteiger partial charge is 0.270 e. The minimum absolute atomic E-state index is 0.00156. The maximum Gasteiger partial charge on any atom is 0.270 e. The second kappa shape index (κ2) is 7.84. The third kappa shape index (κ3) is 4.02. The van der Waals surface area contributed by atoms with E-state index < -0.39 is 4.92 Å². The molecular weight excluding hydrogens is 370 g/mol. The number of nitrogens with zero attached hydrogens (tertiary/aromatic N) is 3. The van der Waals surface area contributed by atoms with Crippen LogP contribution in [0.5, 0.6) is 0 Å². The van der Waals surface area contributed by atoms with Crippen molar-refractivity contribution in [3.8, 4) is 11.3 Å². The number of aromatic amines is 1. The Morgan fingerprint density at radius 2 is 2.00 bits per heavy atom. The van der Waals surface area contributed by atoms with Crippen molar-refractivity contribution >= 4 is 17.4 Å². The highest BCUT2D eigenvalue weighted by Crippen LogP contribution is 2.24. The molecule has 0 aliphatic carbocycles. The van der Waals surface area contributed by atoms with Crippen molar-refractivity contribution in [2.45, 2.75) is 25.9 Å². The van der Waals surface area contributed by atoms with Crippen LogP contribution in [0.3, 0.4) is 0 Å². The van der Waals surface area contributed by atoms with Gasteiger partial charge in [0, 0.05) is 36.9 Å². The summed E-state index contributed by atoms with van der Waals surface area (Å²) in [5.74, 6) is 0.252. The fourth-order valence-corrected chi connectivity index (χ4v) is 3.57. The summed E-state index contributed by atoms with van der Waals surface area (Å²) < 4.78 is 0. The van der Waals surface area contributed by atoms with Gasteiger partial charge in [0.05, 0.1) is 16.7 Å². The number of amides is 1. The number of hydrogen-bond donors (Lipinski definition) is 2. The van der Waals surface area contributed by atoms with Crippen LogP contribution in [0.2, 0.25) is 0 Å². The number of nitro groups is 1. The normalized spacial score (nSPS) is 14.8. The molecule has 0 saturated heterocycles. The van der Waals surface area contributed by atoms with Gasteiger partial charge in [-0.05, 0) is 24.5 Å². The predicted octanol–water partition coefficient (Wildman–Crippen LogP) is 3.37. The second-order valence-electron chi connectivity index (χ2n) is 7.13. The zero-order valence-corrected chi connectivity index (χ0v) is 16.0. The molecule has 4 rings (SSSR count). The molecule has 1 aromatic heterocycles. The molecule has 3 aromatic rings. The SMILES string of the molecule is CC(C(=O)Nc1cc(-c2cccc([N+](=O)[O-])c2)[nH]n1)N1CCc2ccccc2C1. The lowest BCUT2D eigenvalue weighted by molar-refractivity contribution is -0.384. The number of nitro benzene ring substituents is 1. The summed E-state index contributed by atoms with van der Waals surface area (Å²) >= 11 is 0. The van der Waals surface area contributed by atoms with Gasteiger partial charge in [0.1, 0.15) is 0 Å². The Balaban J connectivity index is 1.43. The number of carbonyl (C=O) groups excluding carboxylic acids is 1. The molecule has 148 valence electrons. The van der Waals surface area contributed by atoms with Crippen molar-refractivity contribution in [3.63, 3.8) is 0 Å². The molecule has 8 nitrogen and oxygen atoms in total. The molecule has 0 fully saturated rings. The molecule has 1 atom stereocenters. The van der Waals surface area contributed by atoms with E-state index in [2.05, 4.69) is 32.5 Å². The molecule has 1 amide bonds. The number of rotatable bonds is 5.